The van der Waals surface area contributed by atoms with Crippen LogP contribution in [0.2, 0.25) is 0 Å². The maximum atomic E-state index is 9.66. The zero-order chi connectivity index (χ0) is 21.8. The standard InChI is InChI=1S/C25H33N5O/c1-17-14-19(10-13-23(17)31)16-26-15-18-8-11-20(12-9-18)27-25-28-22-7-5-4-6-21(22)24(29-25)30(2)3/h4-7,10,13-14,18,20,26,31H,8-9,11-12,15-16H2,1-3H3,(H,27,28,29)/t18-,20+. The minimum atomic E-state index is 0.364. The second-order valence-corrected chi connectivity index (χ2v) is 8.90. The van der Waals surface area contributed by atoms with Crippen molar-refractivity contribution in [3.63, 3.8) is 0 Å². The molecule has 0 aliphatic heterocycles. The molecular weight excluding hydrogens is 386 g/mol. The van der Waals surface area contributed by atoms with Crippen LogP contribution in [0.1, 0.15) is 36.8 Å². The lowest BCUT2D eigenvalue weighted by atomic mass is 9.86. The molecule has 0 atom stereocenters. The third-order valence-corrected chi connectivity index (χ3v) is 6.21. The molecule has 1 fully saturated rings. The van der Waals surface area contributed by atoms with E-state index in [1.54, 1.807) is 6.07 Å². The van der Waals surface area contributed by atoms with Gasteiger partial charge in [0.1, 0.15) is 11.6 Å². The van der Waals surface area contributed by atoms with E-state index in [9.17, 15) is 5.11 Å². The normalized spacial score (nSPS) is 18.8. The van der Waals surface area contributed by atoms with Crippen molar-refractivity contribution in [3.05, 3.63) is 53.6 Å². The Balaban J connectivity index is 1.29. The fourth-order valence-electron chi connectivity index (χ4n) is 4.41. The molecule has 164 valence electrons. The fraction of sp³-hybridized carbons (Fsp3) is 0.440. The molecule has 31 heavy (non-hydrogen) atoms. The van der Waals surface area contributed by atoms with E-state index in [0.29, 0.717) is 17.7 Å². The van der Waals surface area contributed by atoms with E-state index in [-0.39, 0.29) is 0 Å². The summed E-state index contributed by atoms with van der Waals surface area (Å²) in [5.41, 5.74) is 3.13. The molecular formula is C25H33N5O. The third-order valence-electron chi connectivity index (χ3n) is 6.21. The van der Waals surface area contributed by atoms with Gasteiger partial charge in [-0.1, -0.05) is 24.3 Å². The summed E-state index contributed by atoms with van der Waals surface area (Å²) in [5.74, 6) is 2.75. The van der Waals surface area contributed by atoms with Crippen LogP contribution in [0.15, 0.2) is 42.5 Å². The van der Waals surface area contributed by atoms with Gasteiger partial charge in [-0.15, -0.1) is 0 Å². The third kappa shape index (κ3) is 5.25. The second-order valence-electron chi connectivity index (χ2n) is 8.90. The van der Waals surface area contributed by atoms with Crippen LogP contribution < -0.4 is 15.5 Å². The number of aromatic nitrogens is 2. The van der Waals surface area contributed by atoms with Crippen LogP contribution in [0, 0.1) is 12.8 Å². The highest BCUT2D eigenvalue weighted by atomic mass is 16.3. The molecule has 1 aromatic heterocycles. The Morgan fingerprint density at radius 3 is 2.55 bits per heavy atom. The first-order chi connectivity index (χ1) is 15.0. The molecule has 6 nitrogen and oxygen atoms in total. The second kappa shape index (κ2) is 9.52. The smallest absolute Gasteiger partial charge is 0.225 e. The lowest BCUT2D eigenvalue weighted by molar-refractivity contribution is 0.324. The predicted octanol–water partition coefficient (Wildman–Crippen LogP) is 4.47. The van der Waals surface area contributed by atoms with Gasteiger partial charge in [-0.3, -0.25) is 0 Å². The number of phenols is 1. The van der Waals surface area contributed by atoms with Crippen LogP contribution in [-0.4, -0.2) is 41.8 Å². The maximum Gasteiger partial charge on any atom is 0.225 e. The molecule has 1 heterocycles. The van der Waals surface area contributed by atoms with Crippen LogP contribution in [0.25, 0.3) is 10.9 Å². The molecule has 1 aliphatic carbocycles. The first-order valence-electron chi connectivity index (χ1n) is 11.2. The molecule has 0 saturated heterocycles. The Morgan fingerprint density at radius 2 is 1.81 bits per heavy atom. The predicted molar refractivity (Wildman–Crippen MR) is 128 cm³/mol. The molecule has 3 aromatic rings. The van der Waals surface area contributed by atoms with Crippen LogP contribution in [0.3, 0.4) is 0 Å². The molecule has 0 radical (unpaired) electrons. The number of para-hydroxylation sites is 1. The summed E-state index contributed by atoms with van der Waals surface area (Å²) in [4.78, 5) is 11.6. The van der Waals surface area contributed by atoms with Crippen LogP contribution in [-0.2, 0) is 6.54 Å². The van der Waals surface area contributed by atoms with Crippen molar-refractivity contribution in [1.82, 2.24) is 15.3 Å². The number of aromatic hydroxyl groups is 1. The quantitative estimate of drug-likeness (QED) is 0.525. The van der Waals surface area contributed by atoms with Crippen LogP contribution in [0.4, 0.5) is 11.8 Å². The number of hydrogen-bond acceptors (Lipinski definition) is 6. The minimum Gasteiger partial charge on any atom is -0.508 e. The highest BCUT2D eigenvalue weighted by molar-refractivity contribution is 5.90. The van der Waals surface area contributed by atoms with Crippen molar-refractivity contribution in [1.29, 1.82) is 0 Å². The lowest BCUT2D eigenvalue weighted by Crippen LogP contribution is -2.31. The summed E-state index contributed by atoms with van der Waals surface area (Å²) in [6, 6.07) is 14.4. The SMILES string of the molecule is Cc1cc(CNC[C@H]2CC[C@@H](Nc3nc(N(C)C)c4ccccc4n3)CC2)ccc1O. The van der Waals surface area contributed by atoms with Gasteiger partial charge in [0.05, 0.1) is 5.52 Å². The van der Waals surface area contributed by atoms with E-state index in [1.165, 1.54) is 18.4 Å². The number of anilines is 2. The van der Waals surface area contributed by atoms with E-state index in [2.05, 4.69) is 22.8 Å². The first kappa shape index (κ1) is 21.4. The Hall–Kier alpha value is -2.86. The topological polar surface area (TPSA) is 73.3 Å². The van der Waals surface area contributed by atoms with Gasteiger partial charge in [-0.05, 0) is 74.4 Å². The highest BCUT2D eigenvalue weighted by Crippen LogP contribution is 2.28. The number of rotatable bonds is 7. The van der Waals surface area contributed by atoms with Gasteiger partial charge in [0.15, 0.2) is 0 Å². The Labute approximate surface area is 184 Å². The summed E-state index contributed by atoms with van der Waals surface area (Å²) in [7, 11) is 4.05. The minimum absolute atomic E-state index is 0.364. The van der Waals surface area contributed by atoms with Crippen molar-refractivity contribution in [3.8, 4) is 5.75 Å². The molecule has 1 aliphatic rings. The molecule has 2 aromatic carbocycles. The maximum absolute atomic E-state index is 9.66. The van der Waals surface area contributed by atoms with E-state index in [0.717, 1.165) is 54.2 Å². The summed E-state index contributed by atoms with van der Waals surface area (Å²) >= 11 is 0. The summed E-state index contributed by atoms with van der Waals surface area (Å²) in [6.45, 7) is 3.81. The number of hydrogen-bond donors (Lipinski definition) is 3. The van der Waals surface area contributed by atoms with Crippen LogP contribution >= 0.6 is 0 Å². The Kier molecular flexibility index (Phi) is 6.56. The van der Waals surface area contributed by atoms with Gasteiger partial charge >= 0.3 is 0 Å². The van der Waals surface area contributed by atoms with Crippen molar-refractivity contribution in [2.75, 3.05) is 30.9 Å². The van der Waals surface area contributed by atoms with Crippen molar-refractivity contribution in [2.45, 2.75) is 45.2 Å². The zero-order valence-electron chi connectivity index (χ0n) is 18.7. The van der Waals surface area contributed by atoms with Gasteiger partial charge in [0, 0.05) is 32.1 Å². The number of nitrogens with zero attached hydrogens (tertiary/aromatic N) is 3. The number of fused-ring (bicyclic) bond motifs is 1. The van der Waals surface area contributed by atoms with Gasteiger partial charge < -0.3 is 20.6 Å². The van der Waals surface area contributed by atoms with Crippen LogP contribution in [0.5, 0.6) is 5.75 Å². The lowest BCUT2D eigenvalue weighted by Gasteiger charge is -2.29. The molecule has 0 amide bonds. The summed E-state index contributed by atoms with van der Waals surface area (Å²) < 4.78 is 0. The molecule has 1 saturated carbocycles. The van der Waals surface area contributed by atoms with Gasteiger partial charge in [0.25, 0.3) is 0 Å². The monoisotopic (exact) mass is 419 g/mol. The van der Waals surface area contributed by atoms with Crippen molar-refractivity contribution >= 4 is 22.7 Å². The van der Waals surface area contributed by atoms with E-state index in [4.69, 9.17) is 9.97 Å². The number of phenolic OH excluding ortho intramolecular Hbond substituents is 1. The van der Waals surface area contributed by atoms with Gasteiger partial charge in [-0.2, -0.15) is 4.98 Å². The largest absolute Gasteiger partial charge is 0.508 e. The molecule has 0 unspecified atom stereocenters. The number of aryl methyl sites for hydroxylation is 1. The molecule has 0 spiro atoms. The number of benzene rings is 2. The molecule has 3 N–H and O–H groups in total. The van der Waals surface area contributed by atoms with Crippen molar-refractivity contribution in [2.24, 2.45) is 5.92 Å². The van der Waals surface area contributed by atoms with E-state index in [1.807, 2.05) is 50.2 Å². The van der Waals surface area contributed by atoms with E-state index < -0.39 is 0 Å². The Morgan fingerprint density at radius 1 is 1.03 bits per heavy atom. The molecule has 0 bridgehead atoms. The fourth-order valence-corrected chi connectivity index (χ4v) is 4.41. The first-order valence-corrected chi connectivity index (χ1v) is 11.2. The molecule has 4 rings (SSSR count). The summed E-state index contributed by atoms with van der Waals surface area (Å²) in [5, 5.41) is 17.9. The zero-order valence-corrected chi connectivity index (χ0v) is 18.7. The average Bonchev–Trinajstić information content (AvgIpc) is 2.77. The average molecular weight is 420 g/mol. The highest BCUT2D eigenvalue weighted by Gasteiger charge is 2.22. The van der Waals surface area contributed by atoms with Gasteiger partial charge in [-0.25, -0.2) is 4.98 Å². The summed E-state index contributed by atoms with van der Waals surface area (Å²) in [6.07, 6.45) is 4.68. The van der Waals surface area contributed by atoms with E-state index >= 15 is 0 Å². The Bertz CT molecular complexity index is 1030. The molecule has 6 heteroatoms. The van der Waals surface area contributed by atoms with Gasteiger partial charge in [0.2, 0.25) is 5.95 Å². The number of nitrogens with one attached hydrogen (secondary N) is 2. The van der Waals surface area contributed by atoms with Crippen molar-refractivity contribution < 1.29 is 5.11 Å².